The summed E-state index contributed by atoms with van der Waals surface area (Å²) >= 11 is 0. The molecule has 2 aromatic rings. The van der Waals surface area contributed by atoms with E-state index in [1.54, 1.807) is 12.1 Å². The summed E-state index contributed by atoms with van der Waals surface area (Å²) in [7, 11) is 1.36. The van der Waals surface area contributed by atoms with Gasteiger partial charge in [0.1, 0.15) is 0 Å². The molecule has 0 aliphatic heterocycles. The largest absolute Gasteiger partial charge is 0.465 e. The molecular weight excluding hydrogens is 314 g/mol. The third-order valence-electron chi connectivity index (χ3n) is 4.34. The van der Waals surface area contributed by atoms with Crippen LogP contribution in [0.2, 0.25) is 0 Å². The molecule has 0 fully saturated rings. The first kappa shape index (κ1) is 19.0. The minimum absolute atomic E-state index is 0.0704. The highest BCUT2D eigenvalue weighted by Gasteiger charge is 2.09. The fraction of sp³-hybridized carbons (Fsp3) is 0.429. The number of ether oxygens (including phenoxy) is 1. The molecule has 0 atom stereocenters. The lowest BCUT2D eigenvalue weighted by atomic mass is 10.0. The first-order valence-corrected chi connectivity index (χ1v) is 9.06. The zero-order chi connectivity index (χ0) is 18.1. The summed E-state index contributed by atoms with van der Waals surface area (Å²) in [6.07, 6.45) is 7.21. The van der Waals surface area contributed by atoms with Crippen LogP contribution in [0.25, 0.3) is 10.8 Å². The van der Waals surface area contributed by atoms with E-state index in [0.717, 1.165) is 23.6 Å². The number of benzene rings is 2. The number of amides is 1. The topological polar surface area (TPSA) is 55.4 Å². The van der Waals surface area contributed by atoms with Gasteiger partial charge in [-0.05, 0) is 41.5 Å². The molecule has 25 heavy (non-hydrogen) atoms. The predicted octanol–water partition coefficient (Wildman–Crippen LogP) is 4.72. The predicted molar refractivity (Wildman–Crippen MR) is 101 cm³/mol. The summed E-state index contributed by atoms with van der Waals surface area (Å²) in [6, 6.07) is 10.9. The molecule has 0 aromatic heterocycles. The Morgan fingerprint density at radius 3 is 2.24 bits per heavy atom. The molecule has 1 amide bonds. The van der Waals surface area contributed by atoms with Gasteiger partial charge < -0.3 is 10.1 Å². The van der Waals surface area contributed by atoms with Crippen molar-refractivity contribution in [2.75, 3.05) is 13.7 Å². The first-order chi connectivity index (χ1) is 12.2. The van der Waals surface area contributed by atoms with Crippen molar-refractivity contribution in [1.82, 2.24) is 5.32 Å². The van der Waals surface area contributed by atoms with Crippen molar-refractivity contribution in [1.29, 1.82) is 0 Å². The van der Waals surface area contributed by atoms with E-state index in [-0.39, 0.29) is 11.9 Å². The lowest BCUT2D eigenvalue weighted by Crippen LogP contribution is -2.24. The van der Waals surface area contributed by atoms with Crippen LogP contribution < -0.4 is 5.32 Å². The van der Waals surface area contributed by atoms with Crippen molar-refractivity contribution >= 4 is 22.6 Å². The van der Waals surface area contributed by atoms with E-state index in [4.69, 9.17) is 4.74 Å². The highest BCUT2D eigenvalue weighted by Crippen LogP contribution is 2.18. The van der Waals surface area contributed by atoms with Crippen molar-refractivity contribution in [2.45, 2.75) is 45.4 Å². The zero-order valence-electron chi connectivity index (χ0n) is 15.1. The molecule has 4 nitrogen and oxygen atoms in total. The highest BCUT2D eigenvalue weighted by molar-refractivity contribution is 6.00. The molecule has 0 saturated heterocycles. The lowest BCUT2D eigenvalue weighted by molar-refractivity contribution is 0.0600. The van der Waals surface area contributed by atoms with E-state index >= 15 is 0 Å². The average molecular weight is 341 g/mol. The quantitative estimate of drug-likeness (QED) is 0.530. The fourth-order valence-corrected chi connectivity index (χ4v) is 2.84. The van der Waals surface area contributed by atoms with Crippen LogP contribution in [0.3, 0.4) is 0 Å². The average Bonchev–Trinajstić information content (AvgIpc) is 2.65. The summed E-state index contributed by atoms with van der Waals surface area (Å²) in [5.74, 6) is -0.446. The second-order valence-electron chi connectivity index (χ2n) is 6.29. The minimum Gasteiger partial charge on any atom is -0.465 e. The molecule has 0 radical (unpaired) electrons. The number of fused-ring (bicyclic) bond motifs is 1. The van der Waals surface area contributed by atoms with E-state index in [9.17, 15) is 9.59 Å². The van der Waals surface area contributed by atoms with Crippen molar-refractivity contribution in [3.8, 4) is 0 Å². The van der Waals surface area contributed by atoms with E-state index in [1.165, 1.54) is 32.8 Å². The monoisotopic (exact) mass is 341 g/mol. The third-order valence-corrected chi connectivity index (χ3v) is 4.34. The van der Waals surface area contributed by atoms with Crippen LogP contribution in [0, 0.1) is 0 Å². The summed E-state index contributed by atoms with van der Waals surface area (Å²) in [5, 5.41) is 4.82. The van der Waals surface area contributed by atoms with Gasteiger partial charge in [-0.15, -0.1) is 0 Å². The maximum atomic E-state index is 12.3. The molecule has 0 unspecified atom stereocenters. The van der Waals surface area contributed by atoms with Gasteiger partial charge >= 0.3 is 5.97 Å². The van der Waals surface area contributed by atoms with Crippen LogP contribution in [0.1, 0.15) is 66.2 Å². The minimum atomic E-state index is -0.375. The van der Waals surface area contributed by atoms with Crippen molar-refractivity contribution in [2.24, 2.45) is 0 Å². The number of carbonyl (C=O) groups excluding carboxylic acids is 2. The van der Waals surface area contributed by atoms with Crippen LogP contribution in [0.15, 0.2) is 36.4 Å². The molecule has 0 aliphatic rings. The first-order valence-electron chi connectivity index (χ1n) is 9.06. The summed E-state index contributed by atoms with van der Waals surface area (Å²) in [5.41, 5.74) is 1.10. The third kappa shape index (κ3) is 5.59. The van der Waals surface area contributed by atoms with Crippen LogP contribution in [0.5, 0.6) is 0 Å². The second-order valence-corrected chi connectivity index (χ2v) is 6.29. The fourth-order valence-electron chi connectivity index (χ4n) is 2.84. The van der Waals surface area contributed by atoms with E-state index in [2.05, 4.69) is 12.2 Å². The molecule has 134 valence electrons. The highest BCUT2D eigenvalue weighted by atomic mass is 16.5. The Morgan fingerprint density at radius 1 is 0.880 bits per heavy atom. The van der Waals surface area contributed by atoms with Gasteiger partial charge in [-0.25, -0.2) is 4.79 Å². The number of hydrogen-bond donors (Lipinski definition) is 1. The normalized spacial score (nSPS) is 10.6. The Labute approximate surface area is 149 Å². The van der Waals surface area contributed by atoms with Gasteiger partial charge in [0.25, 0.3) is 5.91 Å². The van der Waals surface area contributed by atoms with Crippen LogP contribution in [0.4, 0.5) is 0 Å². The Morgan fingerprint density at radius 2 is 1.52 bits per heavy atom. The van der Waals surface area contributed by atoms with Gasteiger partial charge in [0.15, 0.2) is 0 Å². The number of hydrogen-bond acceptors (Lipinski definition) is 3. The maximum Gasteiger partial charge on any atom is 0.337 e. The van der Waals surface area contributed by atoms with Crippen molar-refractivity contribution in [3.63, 3.8) is 0 Å². The summed E-state index contributed by atoms with van der Waals surface area (Å²) in [4.78, 5) is 23.9. The van der Waals surface area contributed by atoms with Crippen LogP contribution >= 0.6 is 0 Å². The standard InChI is InChI=1S/C21H27NO3/c1-3-4-5-6-7-8-13-22-20(23)17-11-9-16-10-12-18(21(24)25-2)15-19(16)14-17/h9-12,14-15H,3-8,13H2,1-2H3,(H,22,23). The molecule has 0 spiro atoms. The smallest absolute Gasteiger partial charge is 0.337 e. The van der Waals surface area contributed by atoms with Crippen LogP contribution in [-0.4, -0.2) is 25.5 Å². The number of methoxy groups -OCH3 is 1. The molecule has 0 saturated carbocycles. The molecular formula is C21H27NO3. The number of rotatable bonds is 9. The Bertz CT molecular complexity index is 724. The SMILES string of the molecule is CCCCCCCCNC(=O)c1ccc2ccc(C(=O)OC)cc2c1. The van der Waals surface area contributed by atoms with E-state index in [0.29, 0.717) is 17.7 Å². The van der Waals surface area contributed by atoms with Crippen molar-refractivity contribution in [3.05, 3.63) is 47.5 Å². The van der Waals surface area contributed by atoms with Gasteiger partial charge in [0, 0.05) is 12.1 Å². The number of unbranched alkanes of at least 4 members (excludes halogenated alkanes) is 5. The molecule has 2 aromatic carbocycles. The molecule has 0 bridgehead atoms. The van der Waals surface area contributed by atoms with E-state index < -0.39 is 0 Å². The molecule has 1 N–H and O–H groups in total. The van der Waals surface area contributed by atoms with Gasteiger partial charge in [-0.3, -0.25) is 4.79 Å². The Hall–Kier alpha value is -2.36. The summed E-state index contributed by atoms with van der Waals surface area (Å²) < 4.78 is 4.75. The zero-order valence-corrected chi connectivity index (χ0v) is 15.1. The maximum absolute atomic E-state index is 12.3. The molecule has 0 aliphatic carbocycles. The van der Waals surface area contributed by atoms with Gasteiger partial charge in [0.2, 0.25) is 0 Å². The number of carbonyl (C=O) groups is 2. The molecule has 2 rings (SSSR count). The van der Waals surface area contributed by atoms with E-state index in [1.807, 2.05) is 24.3 Å². The molecule has 0 heterocycles. The number of esters is 1. The van der Waals surface area contributed by atoms with Gasteiger partial charge in [-0.1, -0.05) is 51.2 Å². The van der Waals surface area contributed by atoms with Gasteiger partial charge in [-0.2, -0.15) is 0 Å². The van der Waals surface area contributed by atoms with Crippen LogP contribution in [-0.2, 0) is 4.74 Å². The van der Waals surface area contributed by atoms with Gasteiger partial charge in [0.05, 0.1) is 12.7 Å². The van der Waals surface area contributed by atoms with Crippen molar-refractivity contribution < 1.29 is 14.3 Å². The Kier molecular flexibility index (Phi) is 7.45. The second kappa shape index (κ2) is 9.82. The molecule has 4 heteroatoms. The lowest BCUT2D eigenvalue weighted by Gasteiger charge is -2.07. The Balaban J connectivity index is 1.93. The summed E-state index contributed by atoms with van der Waals surface area (Å²) in [6.45, 7) is 2.91. The number of nitrogens with one attached hydrogen (secondary N) is 1.